The molecule has 8 nitrogen and oxygen atoms in total. The van der Waals surface area contributed by atoms with Crippen LogP contribution in [0.5, 0.6) is 17.6 Å². The first-order chi connectivity index (χ1) is 11.9. The highest BCUT2D eigenvalue weighted by atomic mass is 32.2. The minimum atomic E-state index is -4.07. The normalized spacial score (nSPS) is 11.0. The number of aromatic nitrogens is 2. The van der Waals surface area contributed by atoms with E-state index >= 15 is 0 Å². The lowest BCUT2D eigenvalue weighted by Gasteiger charge is -2.13. The predicted octanol–water partition coefficient (Wildman–Crippen LogP) is 2.22. The minimum absolute atomic E-state index is 0.0125. The highest BCUT2D eigenvalue weighted by Crippen LogP contribution is 2.27. The molecule has 136 valence electrons. The van der Waals surface area contributed by atoms with Crippen molar-refractivity contribution in [3.8, 4) is 17.6 Å². The van der Waals surface area contributed by atoms with Gasteiger partial charge in [-0.2, -0.15) is 4.98 Å². The zero-order valence-corrected chi connectivity index (χ0v) is 14.8. The summed E-state index contributed by atoms with van der Waals surface area (Å²) in [4.78, 5) is 7.62. The van der Waals surface area contributed by atoms with Gasteiger partial charge in [0.15, 0.2) is 11.6 Å². The van der Waals surface area contributed by atoms with E-state index in [1.165, 1.54) is 25.4 Å². The van der Waals surface area contributed by atoms with Crippen LogP contribution < -0.4 is 18.9 Å². The third-order valence-electron chi connectivity index (χ3n) is 2.96. The summed E-state index contributed by atoms with van der Waals surface area (Å²) in [6, 6.07) is 3.36. The van der Waals surface area contributed by atoms with Crippen LogP contribution in [0, 0.1) is 5.82 Å². The van der Waals surface area contributed by atoms with Crippen LogP contribution in [0.15, 0.2) is 29.3 Å². The molecule has 0 aliphatic carbocycles. The summed E-state index contributed by atoms with van der Waals surface area (Å²) in [7, 11) is -2.78. The molecular formula is C15H18FN3O5S. The smallest absolute Gasteiger partial charge is 0.319 e. The van der Waals surface area contributed by atoms with Crippen LogP contribution in [0.25, 0.3) is 0 Å². The van der Waals surface area contributed by atoms with Crippen LogP contribution in [0.3, 0.4) is 0 Å². The molecule has 0 amide bonds. The molecule has 1 aromatic carbocycles. The molecule has 0 aliphatic heterocycles. The Morgan fingerprint density at radius 1 is 1.20 bits per heavy atom. The number of ether oxygens (including phenoxy) is 3. The van der Waals surface area contributed by atoms with Crippen LogP contribution in [0.4, 0.5) is 10.1 Å². The Hall–Kier alpha value is -2.62. The molecule has 0 spiro atoms. The lowest BCUT2D eigenvalue weighted by Crippen LogP contribution is -2.15. The zero-order chi connectivity index (χ0) is 18.4. The van der Waals surface area contributed by atoms with E-state index in [9.17, 15) is 12.8 Å². The molecule has 0 atom stereocenters. The first kappa shape index (κ1) is 18.7. The lowest BCUT2D eigenvalue weighted by atomic mass is 10.3. The third kappa shape index (κ3) is 4.47. The van der Waals surface area contributed by atoms with Gasteiger partial charge in [0, 0.05) is 0 Å². The number of anilines is 1. The number of rotatable bonds is 8. The van der Waals surface area contributed by atoms with E-state index in [1.807, 2.05) is 0 Å². The Morgan fingerprint density at radius 3 is 2.52 bits per heavy atom. The second-order valence-corrected chi connectivity index (χ2v) is 6.32. The van der Waals surface area contributed by atoms with Crippen molar-refractivity contribution in [2.45, 2.75) is 18.7 Å². The average Bonchev–Trinajstić information content (AvgIpc) is 2.57. The van der Waals surface area contributed by atoms with E-state index in [-0.39, 0.29) is 34.8 Å². The quantitative estimate of drug-likeness (QED) is 0.759. The van der Waals surface area contributed by atoms with Gasteiger partial charge in [-0.25, -0.2) is 17.8 Å². The van der Waals surface area contributed by atoms with Crippen molar-refractivity contribution < 1.29 is 27.0 Å². The van der Waals surface area contributed by atoms with E-state index in [0.717, 1.165) is 6.07 Å². The standard InChI is InChI=1S/C15H18FN3O5S/c1-4-23-14-12(9-17-15(18-14)24-5-2)19-25(20,21)10-6-7-13(22-3)11(16)8-10/h6-9,19H,4-5H2,1-3H3. The summed E-state index contributed by atoms with van der Waals surface area (Å²) >= 11 is 0. The van der Waals surface area contributed by atoms with Crippen LogP contribution in [0.1, 0.15) is 13.8 Å². The predicted molar refractivity (Wildman–Crippen MR) is 88.1 cm³/mol. The van der Waals surface area contributed by atoms with Gasteiger partial charge >= 0.3 is 6.01 Å². The van der Waals surface area contributed by atoms with Gasteiger partial charge in [0.05, 0.1) is 31.4 Å². The number of nitrogens with one attached hydrogen (secondary N) is 1. The maximum atomic E-state index is 13.8. The summed E-state index contributed by atoms with van der Waals surface area (Å²) in [6.07, 6.45) is 1.22. The fraction of sp³-hybridized carbons (Fsp3) is 0.333. The molecule has 25 heavy (non-hydrogen) atoms. The number of nitrogens with zero attached hydrogens (tertiary/aromatic N) is 2. The first-order valence-electron chi connectivity index (χ1n) is 7.40. The SMILES string of the molecule is CCOc1ncc(NS(=O)(=O)c2ccc(OC)c(F)c2)c(OCC)n1. The Balaban J connectivity index is 2.35. The van der Waals surface area contributed by atoms with Crippen molar-refractivity contribution in [1.29, 1.82) is 0 Å². The van der Waals surface area contributed by atoms with E-state index in [1.54, 1.807) is 13.8 Å². The summed E-state index contributed by atoms with van der Waals surface area (Å²) in [6.45, 7) is 4.09. The lowest BCUT2D eigenvalue weighted by molar-refractivity contribution is 0.290. The van der Waals surface area contributed by atoms with Gasteiger partial charge in [-0.15, -0.1) is 0 Å². The highest BCUT2D eigenvalue weighted by molar-refractivity contribution is 7.92. The molecule has 0 bridgehead atoms. The number of sulfonamides is 1. The second kappa shape index (κ2) is 7.97. The molecule has 0 aliphatic rings. The van der Waals surface area contributed by atoms with Crippen LogP contribution in [-0.4, -0.2) is 38.7 Å². The largest absolute Gasteiger partial charge is 0.494 e. The highest BCUT2D eigenvalue weighted by Gasteiger charge is 2.20. The number of hydrogen-bond donors (Lipinski definition) is 1. The van der Waals surface area contributed by atoms with E-state index < -0.39 is 15.8 Å². The zero-order valence-electron chi connectivity index (χ0n) is 13.9. The average molecular weight is 371 g/mol. The Bertz CT molecular complexity index is 845. The van der Waals surface area contributed by atoms with Crippen LogP contribution in [0.2, 0.25) is 0 Å². The van der Waals surface area contributed by atoms with Gasteiger partial charge in [0.25, 0.3) is 10.0 Å². The molecule has 10 heteroatoms. The molecule has 2 aromatic rings. The maximum absolute atomic E-state index is 13.8. The van der Waals surface area contributed by atoms with Crippen molar-refractivity contribution in [2.24, 2.45) is 0 Å². The van der Waals surface area contributed by atoms with Crippen molar-refractivity contribution in [3.63, 3.8) is 0 Å². The van der Waals surface area contributed by atoms with Crippen molar-refractivity contribution >= 4 is 15.7 Å². The molecule has 1 aromatic heterocycles. The molecular weight excluding hydrogens is 353 g/mol. The number of hydrogen-bond acceptors (Lipinski definition) is 7. The van der Waals surface area contributed by atoms with Crippen molar-refractivity contribution in [3.05, 3.63) is 30.2 Å². The van der Waals surface area contributed by atoms with Gasteiger partial charge in [-0.3, -0.25) is 4.72 Å². The summed E-state index contributed by atoms with van der Waals surface area (Å²) in [5, 5.41) is 0. The molecule has 0 saturated carbocycles. The van der Waals surface area contributed by atoms with Crippen LogP contribution in [-0.2, 0) is 10.0 Å². The topological polar surface area (TPSA) is 99.6 Å². The third-order valence-corrected chi connectivity index (χ3v) is 4.33. The molecule has 1 N–H and O–H groups in total. The maximum Gasteiger partial charge on any atom is 0.319 e. The van der Waals surface area contributed by atoms with E-state index in [0.29, 0.717) is 6.61 Å². The number of halogens is 1. The summed E-state index contributed by atoms with van der Waals surface area (Å²) in [5.41, 5.74) is 0.0153. The number of benzene rings is 1. The van der Waals surface area contributed by atoms with Crippen molar-refractivity contribution in [1.82, 2.24) is 9.97 Å². The Kier molecular flexibility index (Phi) is 5.97. The van der Waals surface area contributed by atoms with Gasteiger partial charge in [-0.1, -0.05) is 0 Å². The van der Waals surface area contributed by atoms with Gasteiger partial charge in [0.2, 0.25) is 5.88 Å². The van der Waals surface area contributed by atoms with Gasteiger partial charge < -0.3 is 14.2 Å². The molecule has 0 saturated heterocycles. The number of methoxy groups -OCH3 is 1. The van der Waals surface area contributed by atoms with Crippen LogP contribution >= 0.6 is 0 Å². The van der Waals surface area contributed by atoms with E-state index in [4.69, 9.17) is 14.2 Å². The van der Waals surface area contributed by atoms with Crippen molar-refractivity contribution in [2.75, 3.05) is 25.0 Å². The Morgan fingerprint density at radius 2 is 1.92 bits per heavy atom. The molecule has 0 unspecified atom stereocenters. The molecule has 0 radical (unpaired) electrons. The van der Waals surface area contributed by atoms with E-state index in [2.05, 4.69) is 14.7 Å². The van der Waals surface area contributed by atoms with Gasteiger partial charge in [0.1, 0.15) is 5.69 Å². The van der Waals surface area contributed by atoms with Gasteiger partial charge in [-0.05, 0) is 32.0 Å². The summed E-state index contributed by atoms with van der Waals surface area (Å²) < 4.78 is 56.2. The Labute approximate surface area is 145 Å². The minimum Gasteiger partial charge on any atom is -0.494 e. The first-order valence-corrected chi connectivity index (χ1v) is 8.88. The fourth-order valence-corrected chi connectivity index (χ4v) is 2.94. The monoisotopic (exact) mass is 371 g/mol. The summed E-state index contributed by atoms with van der Waals surface area (Å²) in [5.74, 6) is -0.838. The fourth-order valence-electron chi connectivity index (χ4n) is 1.88. The molecule has 1 heterocycles. The second-order valence-electron chi connectivity index (χ2n) is 4.64. The molecule has 2 rings (SSSR count). The molecule has 0 fully saturated rings.